The predicted octanol–water partition coefficient (Wildman–Crippen LogP) is 2.99. The number of nitro groups is 1. The second kappa shape index (κ2) is 4.83. The molecule has 0 aliphatic carbocycles. The van der Waals surface area contributed by atoms with Crippen molar-refractivity contribution in [3.8, 4) is 11.4 Å². The first kappa shape index (κ1) is 13.8. The summed E-state index contributed by atoms with van der Waals surface area (Å²) >= 11 is 0. The third-order valence-electron chi connectivity index (χ3n) is 2.38. The van der Waals surface area contributed by atoms with Crippen molar-refractivity contribution in [1.29, 1.82) is 0 Å². The van der Waals surface area contributed by atoms with Crippen LogP contribution in [0.25, 0.3) is 5.69 Å². The Labute approximate surface area is 110 Å². The van der Waals surface area contributed by atoms with E-state index < -0.39 is 22.7 Å². The van der Waals surface area contributed by atoms with Gasteiger partial charge in [-0.2, -0.15) is 0 Å². The first-order valence-electron chi connectivity index (χ1n) is 5.31. The van der Waals surface area contributed by atoms with Gasteiger partial charge < -0.3 is 9.30 Å². The number of nitrogens with zero attached hydrogens (tertiary/aromatic N) is 3. The van der Waals surface area contributed by atoms with Gasteiger partial charge in [-0.25, -0.2) is 4.98 Å². The van der Waals surface area contributed by atoms with Gasteiger partial charge in [-0.05, 0) is 13.0 Å². The summed E-state index contributed by atoms with van der Waals surface area (Å²) < 4.78 is 41.9. The fourth-order valence-corrected chi connectivity index (χ4v) is 1.58. The van der Waals surface area contributed by atoms with E-state index in [1.54, 1.807) is 13.1 Å². The molecule has 0 aliphatic rings. The summed E-state index contributed by atoms with van der Waals surface area (Å²) in [5, 5.41) is 10.7. The molecule has 2 aromatic rings. The fraction of sp³-hybridized carbons (Fsp3) is 0.182. The van der Waals surface area contributed by atoms with Crippen LogP contribution in [0.4, 0.5) is 18.9 Å². The van der Waals surface area contributed by atoms with Crippen LogP contribution >= 0.6 is 0 Å². The van der Waals surface area contributed by atoms with Crippen LogP contribution in [0.3, 0.4) is 0 Å². The van der Waals surface area contributed by atoms with Gasteiger partial charge in [0.1, 0.15) is 0 Å². The van der Waals surface area contributed by atoms with Crippen molar-refractivity contribution < 1.29 is 22.8 Å². The van der Waals surface area contributed by atoms with E-state index in [2.05, 4.69) is 9.72 Å². The third-order valence-corrected chi connectivity index (χ3v) is 2.38. The quantitative estimate of drug-likeness (QED) is 0.642. The minimum Gasteiger partial charge on any atom is -0.398 e. The Morgan fingerprint density at radius 3 is 2.60 bits per heavy atom. The lowest BCUT2D eigenvalue weighted by molar-refractivity contribution is -0.388. The molecule has 0 aliphatic heterocycles. The molecule has 1 aromatic heterocycles. The zero-order chi connectivity index (χ0) is 14.9. The van der Waals surface area contributed by atoms with E-state index in [1.165, 1.54) is 17.0 Å². The van der Waals surface area contributed by atoms with Crippen molar-refractivity contribution in [2.75, 3.05) is 0 Å². The van der Waals surface area contributed by atoms with E-state index in [-0.39, 0.29) is 5.69 Å². The van der Waals surface area contributed by atoms with Gasteiger partial charge in [0.15, 0.2) is 0 Å². The third kappa shape index (κ3) is 3.05. The Balaban J connectivity index is 2.48. The molecule has 0 radical (unpaired) electrons. The molecule has 0 fully saturated rings. The zero-order valence-corrected chi connectivity index (χ0v) is 10.1. The van der Waals surface area contributed by atoms with Crippen molar-refractivity contribution in [3.63, 3.8) is 0 Å². The molecule has 0 N–H and O–H groups in total. The topological polar surface area (TPSA) is 70.2 Å². The molecule has 1 heterocycles. The van der Waals surface area contributed by atoms with Crippen molar-refractivity contribution in [2.24, 2.45) is 0 Å². The second-order valence-electron chi connectivity index (χ2n) is 3.88. The molecule has 9 heteroatoms. The molecule has 0 amide bonds. The Bertz CT molecular complexity index is 652. The van der Waals surface area contributed by atoms with E-state index in [0.29, 0.717) is 5.69 Å². The molecular formula is C11H8F3N3O3. The van der Waals surface area contributed by atoms with Gasteiger partial charge >= 0.3 is 12.0 Å². The maximum absolute atomic E-state index is 12.3. The number of hydrogen-bond acceptors (Lipinski definition) is 4. The Kier molecular flexibility index (Phi) is 3.35. The normalized spacial score (nSPS) is 11.4. The molecule has 2 rings (SSSR count). The van der Waals surface area contributed by atoms with Crippen LogP contribution in [-0.4, -0.2) is 20.8 Å². The summed E-state index contributed by atoms with van der Waals surface area (Å²) in [6, 6.07) is 3.20. The number of imidazole rings is 1. The lowest BCUT2D eigenvalue weighted by Gasteiger charge is -2.10. The average Bonchev–Trinajstić information content (AvgIpc) is 2.73. The van der Waals surface area contributed by atoms with Gasteiger partial charge in [-0.3, -0.25) is 10.1 Å². The first-order valence-corrected chi connectivity index (χ1v) is 5.31. The van der Waals surface area contributed by atoms with Crippen LogP contribution in [0, 0.1) is 17.0 Å². The summed E-state index contributed by atoms with van der Waals surface area (Å²) in [4.78, 5) is 13.7. The fourth-order valence-electron chi connectivity index (χ4n) is 1.58. The van der Waals surface area contributed by atoms with Crippen molar-refractivity contribution in [3.05, 3.63) is 46.5 Å². The molecule has 0 unspecified atom stereocenters. The minimum absolute atomic E-state index is 0.274. The summed E-state index contributed by atoms with van der Waals surface area (Å²) in [6.45, 7) is 1.70. The molecule has 0 bridgehead atoms. The summed E-state index contributed by atoms with van der Waals surface area (Å²) in [7, 11) is 0. The number of alkyl halides is 3. The molecule has 1 aromatic carbocycles. The van der Waals surface area contributed by atoms with E-state index in [1.807, 2.05) is 0 Å². The molecule has 0 spiro atoms. The summed E-state index contributed by atoms with van der Waals surface area (Å²) in [5.74, 6) is -0.869. The van der Waals surface area contributed by atoms with E-state index in [4.69, 9.17) is 0 Å². The molecule has 0 saturated carbocycles. The maximum atomic E-state index is 12.3. The van der Waals surface area contributed by atoms with Crippen LogP contribution in [0.5, 0.6) is 5.75 Å². The predicted molar refractivity (Wildman–Crippen MR) is 61.6 cm³/mol. The number of halogens is 3. The zero-order valence-electron chi connectivity index (χ0n) is 10.1. The van der Waals surface area contributed by atoms with Gasteiger partial charge in [0.25, 0.3) is 0 Å². The van der Waals surface area contributed by atoms with Crippen LogP contribution in [0.2, 0.25) is 0 Å². The first-order chi connectivity index (χ1) is 9.26. The Hall–Kier alpha value is -2.58. The van der Waals surface area contributed by atoms with Crippen molar-refractivity contribution >= 4 is 5.69 Å². The number of ether oxygens (including phenoxy) is 1. The second-order valence-corrected chi connectivity index (χ2v) is 3.88. The molecule has 0 saturated heterocycles. The molecule has 0 atom stereocenters. The van der Waals surface area contributed by atoms with Gasteiger partial charge in [0.2, 0.25) is 5.75 Å². The van der Waals surface area contributed by atoms with Crippen LogP contribution < -0.4 is 4.74 Å². The molecule has 20 heavy (non-hydrogen) atoms. The number of aryl methyl sites for hydroxylation is 1. The van der Waals surface area contributed by atoms with E-state index in [9.17, 15) is 23.3 Å². The lowest BCUT2D eigenvalue weighted by Crippen LogP contribution is -2.18. The highest BCUT2D eigenvalue weighted by Crippen LogP contribution is 2.33. The Morgan fingerprint density at radius 2 is 2.10 bits per heavy atom. The number of nitro benzene ring substituents is 1. The van der Waals surface area contributed by atoms with Crippen molar-refractivity contribution in [2.45, 2.75) is 13.3 Å². The van der Waals surface area contributed by atoms with Crippen LogP contribution in [0.1, 0.15) is 5.69 Å². The van der Waals surface area contributed by atoms with Gasteiger partial charge in [0.05, 0.1) is 22.6 Å². The molecular weight excluding hydrogens is 279 g/mol. The van der Waals surface area contributed by atoms with Crippen LogP contribution in [-0.2, 0) is 0 Å². The molecule has 106 valence electrons. The smallest absolute Gasteiger partial charge is 0.398 e. The lowest BCUT2D eigenvalue weighted by atomic mass is 10.2. The maximum Gasteiger partial charge on any atom is 0.573 e. The number of hydrogen-bond donors (Lipinski definition) is 0. The highest BCUT2D eigenvalue weighted by molar-refractivity contribution is 5.53. The SMILES string of the molecule is Cc1cn(-c2ccc([N+](=O)[O-])c(OC(F)(F)F)c2)cn1. The van der Waals surface area contributed by atoms with Gasteiger partial charge in [0, 0.05) is 18.3 Å². The number of rotatable bonds is 3. The number of benzene rings is 1. The summed E-state index contributed by atoms with van der Waals surface area (Å²) in [6.07, 6.45) is -2.05. The van der Waals surface area contributed by atoms with E-state index >= 15 is 0 Å². The van der Waals surface area contributed by atoms with E-state index in [0.717, 1.165) is 12.1 Å². The largest absolute Gasteiger partial charge is 0.573 e. The van der Waals surface area contributed by atoms with Gasteiger partial charge in [-0.1, -0.05) is 0 Å². The molecule has 6 nitrogen and oxygen atoms in total. The highest BCUT2D eigenvalue weighted by atomic mass is 19.4. The summed E-state index contributed by atoms with van der Waals surface area (Å²) in [5.41, 5.74) is 0.167. The average molecular weight is 287 g/mol. The Morgan fingerprint density at radius 1 is 1.40 bits per heavy atom. The number of aromatic nitrogens is 2. The van der Waals surface area contributed by atoms with Crippen LogP contribution in [0.15, 0.2) is 30.7 Å². The minimum atomic E-state index is -5.01. The standard InChI is InChI=1S/C11H8F3N3O3/c1-7-5-16(6-15-7)8-2-3-9(17(18)19)10(4-8)20-11(12,13)14/h2-6H,1H3. The monoisotopic (exact) mass is 287 g/mol. The highest BCUT2D eigenvalue weighted by Gasteiger charge is 2.34. The van der Waals surface area contributed by atoms with Crippen molar-refractivity contribution in [1.82, 2.24) is 9.55 Å². The van der Waals surface area contributed by atoms with Gasteiger partial charge in [-0.15, -0.1) is 13.2 Å².